The number of carboxylic acids is 2. The van der Waals surface area contributed by atoms with Crippen LogP contribution in [0.4, 0.5) is 0 Å². The maximum Gasteiger partial charge on any atom is 0.326 e. The summed E-state index contributed by atoms with van der Waals surface area (Å²) in [5.41, 5.74) is 0. The molecule has 1 aliphatic rings. The fourth-order valence-electron chi connectivity index (χ4n) is 5.33. The molecule has 1 saturated heterocycles. The normalized spacial score (nSPS) is 21.1. The van der Waals surface area contributed by atoms with E-state index in [2.05, 4.69) is 16.0 Å². The Morgan fingerprint density at radius 3 is 1.73 bits per heavy atom. The minimum absolute atomic E-state index is 0.0190. The first-order valence-electron chi connectivity index (χ1n) is 18.2. The molecule has 1 aliphatic heterocycles. The molecule has 1 fully saturated rings. The largest absolute Gasteiger partial charge is 0.480 e. The number of carbonyl (C=O) groups is 6. The second kappa shape index (κ2) is 26.4. The van der Waals surface area contributed by atoms with Gasteiger partial charge in [-0.15, -0.1) is 0 Å². The van der Waals surface area contributed by atoms with Gasteiger partial charge in [-0.25, -0.2) is 9.59 Å². The molecular formula is C34H60N4O14. The van der Waals surface area contributed by atoms with Crippen LogP contribution in [0.25, 0.3) is 0 Å². The summed E-state index contributed by atoms with van der Waals surface area (Å²) >= 11 is 0. The lowest BCUT2D eigenvalue weighted by atomic mass is 10.0. The lowest BCUT2D eigenvalue weighted by Gasteiger charge is -2.38. The fraction of sp³-hybridized carbons (Fsp3) is 0.824. The van der Waals surface area contributed by atoms with Crippen LogP contribution in [0.15, 0.2) is 0 Å². The lowest BCUT2D eigenvalue weighted by molar-refractivity contribution is -0.294. The first-order chi connectivity index (χ1) is 24.7. The quantitative estimate of drug-likeness (QED) is 0.0476. The van der Waals surface area contributed by atoms with Crippen molar-refractivity contribution in [2.75, 3.05) is 39.5 Å². The Bertz CT molecular complexity index is 1070. The van der Waals surface area contributed by atoms with E-state index in [1.807, 2.05) is 13.8 Å². The molecule has 0 aromatic heterocycles. The molecule has 18 heteroatoms. The Kier molecular flexibility index (Phi) is 23.6. The Hall–Kier alpha value is -3.42. The van der Waals surface area contributed by atoms with Gasteiger partial charge in [0.15, 0.2) is 6.29 Å². The van der Waals surface area contributed by atoms with Crippen LogP contribution in [0.2, 0.25) is 0 Å². The van der Waals surface area contributed by atoms with Crippen molar-refractivity contribution in [2.45, 2.75) is 141 Å². The predicted molar refractivity (Wildman–Crippen MR) is 185 cm³/mol. The number of hydrogen-bond acceptors (Lipinski definition) is 12. The second-order valence-electron chi connectivity index (χ2n) is 12.9. The topological polar surface area (TPSA) is 271 Å². The van der Waals surface area contributed by atoms with Crippen LogP contribution in [0.3, 0.4) is 0 Å². The molecule has 0 radical (unpaired) electrons. The van der Waals surface area contributed by atoms with E-state index in [4.69, 9.17) is 14.2 Å². The van der Waals surface area contributed by atoms with E-state index in [9.17, 15) is 54.3 Å². The zero-order chi connectivity index (χ0) is 39.1. The van der Waals surface area contributed by atoms with Gasteiger partial charge in [0.2, 0.25) is 23.6 Å². The molecule has 1 heterocycles. The van der Waals surface area contributed by atoms with Gasteiger partial charge < -0.3 is 60.6 Å². The van der Waals surface area contributed by atoms with Crippen molar-refractivity contribution in [1.29, 1.82) is 0 Å². The van der Waals surface area contributed by atoms with Crippen molar-refractivity contribution in [1.82, 2.24) is 20.9 Å². The number of unbranched alkanes of at least 4 members (excludes halogenated alkanes) is 6. The Morgan fingerprint density at radius 2 is 1.23 bits per heavy atom. The van der Waals surface area contributed by atoms with Crippen LogP contribution in [0.5, 0.6) is 0 Å². The van der Waals surface area contributed by atoms with Gasteiger partial charge in [0, 0.05) is 19.4 Å². The number of ether oxygens (including phenoxy) is 3. The number of aliphatic hydroxyl groups excluding tert-OH is 3. The standard InChI is InChI=1S/C34H60N4O14/c1-4-6-8-10-12-23(32(46)47)36-26(40)20-38(21-27(41)37-24(33(48)49)13-11-9-7-5-2)28(42)15-14-25(39)35-16-17-50-18-19-51-34-31(45)30(44)29(43)22(3)52-34/h22-24,29-31,34,43-45H,4-21H2,1-3H3,(H,35,39)(H,36,40)(H,37,41)(H,46,47)(H,48,49)/t22-,23-,24-,29-,30+,31+,34+/m0/s1. The number of aliphatic hydroxyl groups is 3. The van der Waals surface area contributed by atoms with Crippen molar-refractivity contribution < 1.29 is 68.5 Å². The van der Waals surface area contributed by atoms with E-state index in [0.717, 1.165) is 43.4 Å². The molecule has 0 aromatic rings. The summed E-state index contributed by atoms with van der Waals surface area (Å²) in [5.74, 6) is -5.41. The number of carboxylic acid groups (broad SMARTS) is 2. The van der Waals surface area contributed by atoms with E-state index in [1.165, 1.54) is 6.92 Å². The van der Waals surface area contributed by atoms with Gasteiger partial charge in [0.25, 0.3) is 0 Å². The summed E-state index contributed by atoms with van der Waals surface area (Å²) < 4.78 is 16.1. The van der Waals surface area contributed by atoms with Gasteiger partial charge in [0.1, 0.15) is 43.5 Å². The molecule has 4 amide bonds. The number of carbonyl (C=O) groups excluding carboxylic acids is 4. The zero-order valence-corrected chi connectivity index (χ0v) is 30.6. The summed E-state index contributed by atoms with van der Waals surface area (Å²) in [7, 11) is 0. The van der Waals surface area contributed by atoms with Gasteiger partial charge in [0.05, 0.1) is 25.9 Å². The van der Waals surface area contributed by atoms with E-state index in [0.29, 0.717) is 12.8 Å². The molecule has 0 saturated carbocycles. The SMILES string of the molecule is CCCCCC[C@H](NC(=O)CN(CC(=O)N[C@@H](CCCCCC)C(=O)O)C(=O)CCC(=O)NCCOCCO[C@@H]1O[C@@H](C)[C@H](O)[C@@H](O)[C@H]1O)C(=O)O. The van der Waals surface area contributed by atoms with Crippen LogP contribution in [-0.2, 0) is 43.0 Å². The number of rotatable bonds is 28. The average molecular weight is 749 g/mol. The summed E-state index contributed by atoms with van der Waals surface area (Å²) in [4.78, 5) is 75.7. The first-order valence-corrected chi connectivity index (χ1v) is 18.2. The zero-order valence-electron chi connectivity index (χ0n) is 30.6. The van der Waals surface area contributed by atoms with Gasteiger partial charge in [-0.3, -0.25) is 19.2 Å². The fourth-order valence-corrected chi connectivity index (χ4v) is 5.33. The van der Waals surface area contributed by atoms with E-state index in [-0.39, 0.29) is 45.6 Å². The van der Waals surface area contributed by atoms with Crippen LogP contribution in [0.1, 0.15) is 97.8 Å². The molecule has 52 heavy (non-hydrogen) atoms. The smallest absolute Gasteiger partial charge is 0.326 e. The van der Waals surface area contributed by atoms with Crippen LogP contribution in [-0.4, -0.2) is 148 Å². The molecule has 0 bridgehead atoms. The predicted octanol–water partition coefficient (Wildman–Crippen LogP) is -0.348. The van der Waals surface area contributed by atoms with Crippen molar-refractivity contribution in [3.8, 4) is 0 Å². The average Bonchev–Trinajstić information content (AvgIpc) is 3.09. The lowest BCUT2D eigenvalue weighted by Crippen LogP contribution is -2.57. The maximum atomic E-state index is 13.2. The summed E-state index contributed by atoms with van der Waals surface area (Å²) in [6, 6.07) is -2.40. The number of amides is 4. The molecular weight excluding hydrogens is 688 g/mol. The van der Waals surface area contributed by atoms with Crippen LogP contribution >= 0.6 is 0 Å². The summed E-state index contributed by atoms with van der Waals surface area (Å²) in [6.45, 7) is 4.33. The third-order valence-electron chi connectivity index (χ3n) is 8.43. The monoisotopic (exact) mass is 748 g/mol. The van der Waals surface area contributed by atoms with Crippen molar-refractivity contribution in [2.24, 2.45) is 0 Å². The highest BCUT2D eigenvalue weighted by Crippen LogP contribution is 2.21. The van der Waals surface area contributed by atoms with Gasteiger partial charge in [-0.05, 0) is 19.8 Å². The maximum absolute atomic E-state index is 13.2. The third kappa shape index (κ3) is 18.9. The third-order valence-corrected chi connectivity index (χ3v) is 8.43. The molecule has 8 N–H and O–H groups in total. The van der Waals surface area contributed by atoms with E-state index in [1.54, 1.807) is 0 Å². The second-order valence-corrected chi connectivity index (χ2v) is 12.9. The highest BCUT2D eigenvalue weighted by Gasteiger charge is 2.42. The van der Waals surface area contributed by atoms with Gasteiger partial charge in [-0.2, -0.15) is 0 Å². The van der Waals surface area contributed by atoms with E-state index >= 15 is 0 Å². The number of nitrogens with zero attached hydrogens (tertiary/aromatic N) is 1. The molecule has 1 rings (SSSR count). The Balaban J connectivity index is 2.67. The molecule has 0 aliphatic carbocycles. The van der Waals surface area contributed by atoms with Crippen molar-refractivity contribution in [3.05, 3.63) is 0 Å². The molecule has 300 valence electrons. The Labute approximate surface area is 304 Å². The highest BCUT2D eigenvalue weighted by atomic mass is 16.7. The molecule has 0 aromatic carbocycles. The van der Waals surface area contributed by atoms with Gasteiger partial charge in [-0.1, -0.05) is 65.2 Å². The molecule has 18 nitrogen and oxygen atoms in total. The molecule has 7 atom stereocenters. The van der Waals surface area contributed by atoms with Gasteiger partial charge >= 0.3 is 11.9 Å². The van der Waals surface area contributed by atoms with Crippen molar-refractivity contribution >= 4 is 35.6 Å². The molecule has 0 spiro atoms. The number of nitrogens with one attached hydrogen (secondary N) is 3. The van der Waals surface area contributed by atoms with Crippen LogP contribution < -0.4 is 16.0 Å². The Morgan fingerprint density at radius 1 is 0.692 bits per heavy atom. The highest BCUT2D eigenvalue weighted by molar-refractivity contribution is 5.92. The number of hydrogen-bond donors (Lipinski definition) is 8. The minimum Gasteiger partial charge on any atom is -0.480 e. The van der Waals surface area contributed by atoms with E-state index < -0.39 is 97.9 Å². The minimum atomic E-state index is -1.45. The van der Waals surface area contributed by atoms with Crippen LogP contribution in [0, 0.1) is 0 Å². The summed E-state index contributed by atoms with van der Waals surface area (Å²) in [5, 5.41) is 56.1. The first kappa shape index (κ1) is 46.6. The van der Waals surface area contributed by atoms with Crippen molar-refractivity contribution in [3.63, 3.8) is 0 Å². The molecule has 0 unspecified atom stereocenters. The summed E-state index contributed by atoms with van der Waals surface area (Å²) in [6.07, 6.45) is -0.0102. The number of aliphatic carboxylic acids is 2.